The molecule has 0 unspecified atom stereocenters. The second kappa shape index (κ2) is 35.2. The van der Waals surface area contributed by atoms with Crippen LogP contribution >= 0.6 is 0 Å². The summed E-state index contributed by atoms with van der Waals surface area (Å²) in [5, 5.41) is 0. The molecule has 50 heavy (non-hydrogen) atoms. The van der Waals surface area contributed by atoms with Crippen molar-refractivity contribution in [3.8, 4) is 11.8 Å². The zero-order chi connectivity index (χ0) is 34.7. The monoisotopic (exact) mass is 725 g/mol. The maximum atomic E-state index is 4.99. The molecule has 0 atom stereocenters. The molecule has 0 saturated carbocycles. The Morgan fingerprint density at radius 3 is 1.14 bits per heavy atom. The second-order valence-corrected chi connectivity index (χ2v) is 14.3. The maximum absolute atomic E-state index is 4.99. The van der Waals surface area contributed by atoms with Crippen LogP contribution < -0.4 is 0 Å². The molecule has 2 rings (SSSR count). The Balaban J connectivity index is 0.0000125. The summed E-state index contributed by atoms with van der Waals surface area (Å²) in [6.45, 7) is 4.53. The molecule has 0 aliphatic rings. The number of unbranched alkanes of at least 4 members (excludes halogenated alkanes) is 26. The predicted octanol–water partition coefficient (Wildman–Crippen LogP) is 15.9. The number of benzene rings is 2. The van der Waals surface area contributed by atoms with Gasteiger partial charge in [-0.15, -0.1) is 0 Å². The minimum atomic E-state index is 0. The fourth-order valence-electron chi connectivity index (χ4n) is 6.52. The quantitative estimate of drug-likeness (QED) is 0.0320. The number of hydrogen-bond donors (Lipinski definition) is 0. The summed E-state index contributed by atoms with van der Waals surface area (Å²) in [6.07, 6.45) is 39.7. The van der Waals surface area contributed by atoms with Gasteiger partial charge in [0.05, 0.1) is 17.1 Å². The first kappa shape index (κ1) is 45.9. The summed E-state index contributed by atoms with van der Waals surface area (Å²) >= 11 is 0. The normalized spacial score (nSPS) is 11.6. The zero-order valence-electron chi connectivity index (χ0n) is 32.5. The molecule has 0 saturated heterocycles. The van der Waals surface area contributed by atoms with Crippen molar-refractivity contribution in [3.63, 3.8) is 0 Å². The molecule has 2 aromatic rings. The fourth-order valence-corrected chi connectivity index (χ4v) is 6.52. The van der Waals surface area contributed by atoms with Crippen LogP contribution in [0.5, 0.6) is 0 Å². The van der Waals surface area contributed by atoms with Gasteiger partial charge in [-0.3, -0.25) is 4.99 Å². The average molecular weight is 726 g/mol. The molecule has 0 aromatic heterocycles. The maximum Gasteiger partial charge on any atom is 0.135 e. The van der Waals surface area contributed by atoms with Crippen molar-refractivity contribution in [1.82, 2.24) is 0 Å². The van der Waals surface area contributed by atoms with Crippen LogP contribution in [0.1, 0.15) is 200 Å². The number of nitrogens with zero attached hydrogens (tertiary/aromatic N) is 2. The summed E-state index contributed by atoms with van der Waals surface area (Å²) in [4.78, 5) is 9.95. The number of aliphatic imine (C=N–C) groups is 2. The third-order valence-corrected chi connectivity index (χ3v) is 9.67. The van der Waals surface area contributed by atoms with E-state index in [9.17, 15) is 0 Å². The minimum absolute atomic E-state index is 0. The molecule has 0 aliphatic heterocycles. The SMILES string of the molecule is CCCCCCCCCCCCCCCCCCCCCCCCCCCC#CC(=N\c1ccccc1)/C(CCCC)=N/c1ccccc1.[Ni]. The predicted molar refractivity (Wildman–Crippen MR) is 220 cm³/mol. The molecule has 0 N–H and O–H groups in total. The Morgan fingerprint density at radius 2 is 0.760 bits per heavy atom. The van der Waals surface area contributed by atoms with Crippen LogP contribution in [0.15, 0.2) is 70.6 Å². The minimum Gasteiger partial charge on any atom is -0.251 e. The number of rotatable bonds is 31. The van der Waals surface area contributed by atoms with Crippen molar-refractivity contribution in [2.24, 2.45) is 9.98 Å². The van der Waals surface area contributed by atoms with Gasteiger partial charge < -0.3 is 0 Å². The smallest absolute Gasteiger partial charge is 0.135 e. The van der Waals surface area contributed by atoms with Crippen LogP contribution in [0, 0.1) is 11.8 Å². The van der Waals surface area contributed by atoms with E-state index in [1.807, 2.05) is 48.5 Å². The molecule has 0 bridgehead atoms. The van der Waals surface area contributed by atoms with Gasteiger partial charge in [-0.25, -0.2) is 4.99 Å². The Kier molecular flexibility index (Phi) is 32.3. The van der Waals surface area contributed by atoms with Crippen molar-refractivity contribution in [1.29, 1.82) is 0 Å². The first-order chi connectivity index (χ1) is 24.3. The number of hydrogen-bond acceptors (Lipinski definition) is 2. The van der Waals surface area contributed by atoms with Crippen LogP contribution in [-0.4, -0.2) is 11.4 Å². The summed E-state index contributed by atoms with van der Waals surface area (Å²) in [5.74, 6) is 6.89. The van der Waals surface area contributed by atoms with Crippen molar-refractivity contribution in [2.75, 3.05) is 0 Å². The van der Waals surface area contributed by atoms with Crippen LogP contribution in [0.25, 0.3) is 0 Å². The average Bonchev–Trinajstić information content (AvgIpc) is 3.13. The summed E-state index contributed by atoms with van der Waals surface area (Å²) < 4.78 is 0. The van der Waals surface area contributed by atoms with Crippen molar-refractivity contribution < 1.29 is 16.5 Å². The van der Waals surface area contributed by atoms with Gasteiger partial charge in [-0.1, -0.05) is 217 Å². The van der Waals surface area contributed by atoms with E-state index in [2.05, 4.69) is 37.8 Å². The molecule has 0 fully saturated rings. The van der Waals surface area contributed by atoms with Crippen LogP contribution in [-0.2, 0) is 16.5 Å². The molecule has 282 valence electrons. The van der Waals surface area contributed by atoms with Crippen molar-refractivity contribution in [2.45, 2.75) is 200 Å². The molecule has 0 aliphatic carbocycles. The van der Waals surface area contributed by atoms with E-state index in [-0.39, 0.29) is 16.5 Å². The molecule has 3 heteroatoms. The first-order valence-corrected chi connectivity index (χ1v) is 21.1. The number of para-hydroxylation sites is 2. The van der Waals surface area contributed by atoms with Gasteiger partial charge in [-0.2, -0.15) is 0 Å². The molecule has 0 spiro atoms. The van der Waals surface area contributed by atoms with E-state index in [1.54, 1.807) is 0 Å². The molecule has 0 heterocycles. The largest absolute Gasteiger partial charge is 0.251 e. The Morgan fingerprint density at radius 1 is 0.420 bits per heavy atom. The van der Waals surface area contributed by atoms with Gasteiger partial charge in [0.25, 0.3) is 0 Å². The molecule has 2 aromatic carbocycles. The topological polar surface area (TPSA) is 24.7 Å². The van der Waals surface area contributed by atoms with Crippen LogP contribution in [0.3, 0.4) is 0 Å². The van der Waals surface area contributed by atoms with Gasteiger partial charge in [0.1, 0.15) is 5.71 Å². The standard InChI is InChI=1S/C47H74N2.Ni/c1-3-5-7-8-9-10-11-12-13-14-15-16-17-18-19-20-21-22-23-24-25-26-27-28-29-30-37-43-47(49-45-40-35-32-36-41-45)46(42-6-4-2)48-44-38-33-31-34-39-44;/h31-36,38-41H,3-30,42H2,1-2H3;/b48-46+,49-47+;. The third kappa shape index (κ3) is 26.6. The summed E-state index contributed by atoms with van der Waals surface area (Å²) in [7, 11) is 0. The van der Waals surface area contributed by atoms with Crippen molar-refractivity contribution in [3.05, 3.63) is 60.7 Å². The molecular weight excluding hydrogens is 651 g/mol. The summed E-state index contributed by atoms with van der Waals surface area (Å²) in [5.41, 5.74) is 3.73. The molecule has 2 nitrogen and oxygen atoms in total. The van der Waals surface area contributed by atoms with E-state index in [1.165, 1.54) is 161 Å². The van der Waals surface area contributed by atoms with E-state index < -0.39 is 0 Å². The van der Waals surface area contributed by atoms with Gasteiger partial charge in [0.15, 0.2) is 0 Å². The Labute approximate surface area is 320 Å². The molecular formula is C47H74N2Ni. The van der Waals surface area contributed by atoms with E-state index >= 15 is 0 Å². The zero-order valence-corrected chi connectivity index (χ0v) is 33.5. The summed E-state index contributed by atoms with van der Waals surface area (Å²) in [6, 6.07) is 20.4. The van der Waals surface area contributed by atoms with Crippen molar-refractivity contribution >= 4 is 22.8 Å². The van der Waals surface area contributed by atoms with Gasteiger partial charge in [-0.05, 0) is 49.4 Å². The van der Waals surface area contributed by atoms with E-state index in [0.29, 0.717) is 0 Å². The van der Waals surface area contributed by atoms with Gasteiger partial charge in [0.2, 0.25) is 0 Å². The van der Waals surface area contributed by atoms with Gasteiger partial charge in [0, 0.05) is 22.9 Å². The molecule has 0 radical (unpaired) electrons. The second-order valence-electron chi connectivity index (χ2n) is 14.3. The third-order valence-electron chi connectivity index (χ3n) is 9.67. The van der Waals surface area contributed by atoms with E-state index in [4.69, 9.17) is 9.98 Å². The van der Waals surface area contributed by atoms with Gasteiger partial charge >= 0.3 is 0 Å². The first-order valence-electron chi connectivity index (χ1n) is 21.1. The fraction of sp³-hybridized carbons (Fsp3) is 0.660. The van der Waals surface area contributed by atoms with Crippen LogP contribution in [0.2, 0.25) is 0 Å². The Bertz CT molecular complexity index is 1130. The molecule has 0 amide bonds. The van der Waals surface area contributed by atoms with Crippen LogP contribution in [0.4, 0.5) is 11.4 Å². The van der Waals surface area contributed by atoms with E-state index in [0.717, 1.165) is 48.5 Å². The Hall–Kier alpha value is -2.17.